The highest BCUT2D eigenvalue weighted by molar-refractivity contribution is 8.05. The molecule has 0 aliphatic heterocycles. The summed E-state index contributed by atoms with van der Waals surface area (Å²) >= 11 is 12.7. The van der Waals surface area contributed by atoms with Crippen LogP contribution in [0.15, 0.2) is 32.7 Å². The minimum absolute atomic E-state index is 0.176. The molecule has 0 bridgehead atoms. The summed E-state index contributed by atoms with van der Waals surface area (Å²) in [6.07, 6.45) is 0. The van der Waals surface area contributed by atoms with Crippen molar-refractivity contribution in [3.05, 3.63) is 32.9 Å². The van der Waals surface area contributed by atoms with E-state index in [4.69, 9.17) is 29.0 Å². The van der Waals surface area contributed by atoms with Crippen LogP contribution < -0.4 is 5.84 Å². The molecule has 0 unspecified atom stereocenters. The molecule has 20 heavy (non-hydrogen) atoms. The predicted molar refractivity (Wildman–Crippen MR) is 79.1 cm³/mol. The van der Waals surface area contributed by atoms with Crippen LogP contribution in [-0.4, -0.2) is 20.7 Å². The van der Waals surface area contributed by atoms with Gasteiger partial charge in [-0.3, -0.25) is 0 Å². The normalized spacial score (nSPS) is 13.0. The van der Waals surface area contributed by atoms with Gasteiger partial charge in [0.25, 0.3) is 20.0 Å². The summed E-state index contributed by atoms with van der Waals surface area (Å²) in [4.78, 5) is 0. The molecule has 2 heterocycles. The van der Waals surface area contributed by atoms with E-state index in [1.807, 2.05) is 0 Å². The van der Waals surface area contributed by atoms with Crippen molar-refractivity contribution in [1.82, 2.24) is 3.82 Å². The lowest BCUT2D eigenvalue weighted by atomic mass is 10.7. The Kier molecular flexibility index (Phi) is 4.48. The van der Waals surface area contributed by atoms with Gasteiger partial charge in [0.1, 0.15) is 8.42 Å². The number of nitrogens with two attached hydrogens (primary N) is 1. The minimum Gasteiger partial charge on any atom is -0.240 e. The van der Waals surface area contributed by atoms with Gasteiger partial charge in [-0.25, -0.2) is 22.7 Å². The van der Waals surface area contributed by atoms with Crippen LogP contribution in [0.1, 0.15) is 0 Å². The lowest BCUT2D eigenvalue weighted by Gasteiger charge is -2.14. The van der Waals surface area contributed by atoms with E-state index < -0.39 is 20.0 Å². The molecule has 2 rings (SSSR count). The van der Waals surface area contributed by atoms with Gasteiger partial charge in [-0.15, -0.1) is 22.7 Å². The molecule has 2 N–H and O–H groups in total. The van der Waals surface area contributed by atoms with Gasteiger partial charge in [-0.2, -0.15) is 0 Å². The Bertz CT molecular complexity index is 769. The third-order valence-corrected chi connectivity index (χ3v) is 9.31. The lowest BCUT2D eigenvalue weighted by molar-refractivity contribution is 0.509. The highest BCUT2D eigenvalue weighted by atomic mass is 35.5. The van der Waals surface area contributed by atoms with Crippen molar-refractivity contribution in [3.8, 4) is 0 Å². The number of thiophene rings is 2. The first-order valence-electron chi connectivity index (χ1n) is 4.71. The van der Waals surface area contributed by atoms with Crippen LogP contribution in [-0.2, 0) is 20.0 Å². The van der Waals surface area contributed by atoms with Gasteiger partial charge in [0.2, 0.25) is 0 Å². The van der Waals surface area contributed by atoms with Gasteiger partial charge in [-0.1, -0.05) is 23.2 Å². The SMILES string of the molecule is NN(S(=O)(=O)c1ccc(Cl)s1)S(=O)(=O)c1ccc(Cl)s1. The number of sulfonamides is 2. The maximum atomic E-state index is 12.1. The Morgan fingerprint density at radius 1 is 0.850 bits per heavy atom. The predicted octanol–water partition coefficient (Wildman–Crippen LogP) is 2.37. The fourth-order valence-corrected chi connectivity index (χ4v) is 7.50. The van der Waals surface area contributed by atoms with Crippen molar-refractivity contribution in [2.45, 2.75) is 8.42 Å². The van der Waals surface area contributed by atoms with E-state index in [1.54, 1.807) is 0 Å². The number of nitrogens with zero attached hydrogens (tertiary/aromatic N) is 1. The quantitative estimate of drug-likeness (QED) is 0.635. The van der Waals surface area contributed by atoms with Crippen molar-refractivity contribution in [1.29, 1.82) is 0 Å². The monoisotopic (exact) mass is 392 g/mol. The molecule has 0 amide bonds. The van der Waals surface area contributed by atoms with Crippen LogP contribution in [0.25, 0.3) is 0 Å². The lowest BCUT2D eigenvalue weighted by Crippen LogP contribution is -2.41. The molecule has 6 nitrogen and oxygen atoms in total. The van der Waals surface area contributed by atoms with E-state index in [-0.39, 0.29) is 20.9 Å². The molecule has 0 radical (unpaired) electrons. The summed E-state index contributed by atoms with van der Waals surface area (Å²) in [7, 11) is -8.79. The van der Waals surface area contributed by atoms with E-state index in [9.17, 15) is 16.8 Å². The molecule has 110 valence electrons. The third kappa shape index (κ3) is 2.88. The van der Waals surface area contributed by atoms with Crippen molar-refractivity contribution >= 4 is 65.9 Å². The van der Waals surface area contributed by atoms with E-state index in [0.717, 1.165) is 0 Å². The summed E-state index contributed by atoms with van der Waals surface area (Å²) in [5.41, 5.74) is 0. The fraction of sp³-hybridized carbons (Fsp3) is 0. The molecule has 0 saturated heterocycles. The third-order valence-electron chi connectivity index (χ3n) is 2.08. The molecule has 0 saturated carbocycles. The Morgan fingerprint density at radius 3 is 1.45 bits per heavy atom. The Balaban J connectivity index is 2.48. The molecular weight excluding hydrogens is 387 g/mol. The van der Waals surface area contributed by atoms with Crippen molar-refractivity contribution < 1.29 is 16.8 Å². The standard InChI is InChI=1S/C8H6Cl2N2O4S4/c9-5-1-3-7(17-5)19(13,14)12(11)20(15,16)8-4-2-6(10)18-8/h1-4H,11H2. The average molecular weight is 393 g/mol. The molecule has 0 aliphatic rings. The summed E-state index contributed by atoms with van der Waals surface area (Å²) in [5, 5.41) is 0. The maximum absolute atomic E-state index is 12.1. The number of hydrazine groups is 1. The van der Waals surface area contributed by atoms with Crippen molar-refractivity contribution in [2.75, 3.05) is 0 Å². The molecule has 0 atom stereocenters. The van der Waals surface area contributed by atoms with E-state index in [2.05, 4.69) is 0 Å². The average Bonchev–Trinajstić information content (AvgIpc) is 2.97. The van der Waals surface area contributed by atoms with Crippen LogP contribution in [0.2, 0.25) is 8.67 Å². The van der Waals surface area contributed by atoms with Crippen LogP contribution in [0.3, 0.4) is 0 Å². The zero-order chi connectivity index (χ0) is 15.1. The fourth-order valence-electron chi connectivity index (χ4n) is 1.18. The molecule has 2 aromatic rings. The highest BCUT2D eigenvalue weighted by Gasteiger charge is 2.36. The molecule has 0 aromatic carbocycles. The zero-order valence-corrected chi connectivity index (χ0v) is 14.1. The van der Waals surface area contributed by atoms with Gasteiger partial charge >= 0.3 is 0 Å². The second-order valence-corrected chi connectivity index (χ2v) is 11.1. The van der Waals surface area contributed by atoms with E-state index in [1.165, 1.54) is 24.3 Å². The minimum atomic E-state index is -4.39. The molecule has 12 heteroatoms. The molecule has 2 aromatic heterocycles. The maximum Gasteiger partial charge on any atom is 0.279 e. The van der Waals surface area contributed by atoms with Gasteiger partial charge in [-0.05, 0) is 28.1 Å². The van der Waals surface area contributed by atoms with Crippen LogP contribution in [0.5, 0.6) is 0 Å². The van der Waals surface area contributed by atoms with Gasteiger partial charge < -0.3 is 0 Å². The molecule has 0 aliphatic carbocycles. The van der Waals surface area contributed by atoms with Crippen molar-refractivity contribution in [3.63, 3.8) is 0 Å². The smallest absolute Gasteiger partial charge is 0.240 e. The van der Waals surface area contributed by atoms with Gasteiger partial charge in [0.15, 0.2) is 0 Å². The van der Waals surface area contributed by atoms with Crippen LogP contribution >= 0.6 is 45.9 Å². The Hall–Kier alpha value is -0.200. The highest BCUT2D eigenvalue weighted by Crippen LogP contribution is 2.32. The number of rotatable bonds is 4. The van der Waals surface area contributed by atoms with Gasteiger partial charge in [0, 0.05) is 0 Å². The number of hydrogen-bond donors (Lipinski definition) is 1. The van der Waals surface area contributed by atoms with E-state index in [0.29, 0.717) is 22.7 Å². The first-order valence-corrected chi connectivity index (χ1v) is 9.98. The number of halogens is 2. The topological polar surface area (TPSA) is 97.5 Å². The van der Waals surface area contributed by atoms with Crippen molar-refractivity contribution in [2.24, 2.45) is 5.84 Å². The first kappa shape index (κ1) is 16.2. The second-order valence-electron chi connectivity index (χ2n) is 3.35. The van der Waals surface area contributed by atoms with E-state index >= 15 is 0 Å². The summed E-state index contributed by atoms with van der Waals surface area (Å²) in [6.45, 7) is 0. The van der Waals surface area contributed by atoms with Gasteiger partial charge in [0.05, 0.1) is 8.67 Å². The van der Waals surface area contributed by atoms with Crippen LogP contribution in [0, 0.1) is 0 Å². The summed E-state index contributed by atoms with van der Waals surface area (Å²) in [6, 6.07) is 5.03. The molecular formula is C8H6Cl2N2O4S4. The molecule has 0 spiro atoms. The number of hydrogen-bond acceptors (Lipinski definition) is 7. The first-order chi connectivity index (χ1) is 9.15. The largest absolute Gasteiger partial charge is 0.279 e. The Labute approximate surface area is 133 Å². The second kappa shape index (κ2) is 5.54. The zero-order valence-electron chi connectivity index (χ0n) is 9.36. The molecule has 0 fully saturated rings. The van der Waals surface area contributed by atoms with Crippen LogP contribution in [0.4, 0.5) is 0 Å². The summed E-state index contributed by atoms with van der Waals surface area (Å²) < 4.78 is 48.2. The summed E-state index contributed by atoms with van der Waals surface area (Å²) in [5.74, 6) is 5.30. The Morgan fingerprint density at radius 2 is 1.20 bits per heavy atom.